The smallest absolute Gasteiger partial charge is 0.320 e. The van der Waals surface area contributed by atoms with Gasteiger partial charge in [0.15, 0.2) is 0 Å². The first-order chi connectivity index (χ1) is 14.9. The molecule has 0 amide bonds. The predicted molar refractivity (Wildman–Crippen MR) is 122 cm³/mol. The zero-order valence-corrected chi connectivity index (χ0v) is 19.9. The van der Waals surface area contributed by atoms with Crippen LogP contribution in [0.15, 0.2) is 11.6 Å². The third kappa shape index (κ3) is 6.79. The number of piperidine rings is 2. The highest BCUT2D eigenvalue weighted by Gasteiger charge is 2.45. The third-order valence-corrected chi connectivity index (χ3v) is 7.66. The van der Waals surface area contributed by atoms with Gasteiger partial charge in [-0.25, -0.2) is 0 Å². The molecule has 3 aliphatic rings. The molecule has 6 nitrogen and oxygen atoms in total. The second-order valence-corrected chi connectivity index (χ2v) is 10.1. The molecule has 2 atom stereocenters. The molecule has 2 unspecified atom stereocenters. The molecule has 31 heavy (non-hydrogen) atoms. The summed E-state index contributed by atoms with van der Waals surface area (Å²) in [6, 6.07) is 0. The molecule has 2 heterocycles. The largest absolute Gasteiger partial charge is 0.464 e. The minimum atomic E-state index is -0.366. The maximum absolute atomic E-state index is 12.6. The summed E-state index contributed by atoms with van der Waals surface area (Å²) in [5.41, 5.74) is 0.990. The van der Waals surface area contributed by atoms with Crippen molar-refractivity contribution in [2.24, 2.45) is 17.3 Å². The van der Waals surface area contributed by atoms with Crippen molar-refractivity contribution in [3.05, 3.63) is 11.6 Å². The summed E-state index contributed by atoms with van der Waals surface area (Å²) in [6.45, 7) is 11.8. The molecular formula is C25H42N2O4. The topological polar surface area (TPSA) is 59.1 Å². The molecule has 1 aliphatic carbocycles. The number of carbonyl (C=O) groups is 2. The van der Waals surface area contributed by atoms with Crippen LogP contribution in [0.4, 0.5) is 0 Å². The van der Waals surface area contributed by atoms with Gasteiger partial charge in [0.05, 0.1) is 13.1 Å². The fourth-order valence-corrected chi connectivity index (χ4v) is 5.51. The summed E-state index contributed by atoms with van der Waals surface area (Å²) in [7, 11) is 0. The monoisotopic (exact) mass is 434 g/mol. The molecule has 0 aromatic rings. The molecule has 0 aromatic heterocycles. The number of likely N-dealkylation sites (tertiary alicyclic amines) is 2. The molecule has 0 saturated carbocycles. The van der Waals surface area contributed by atoms with E-state index in [-0.39, 0.29) is 29.2 Å². The zero-order chi connectivity index (χ0) is 22.3. The minimum Gasteiger partial charge on any atom is -0.464 e. The molecule has 3 rings (SSSR count). The van der Waals surface area contributed by atoms with Gasteiger partial charge in [0, 0.05) is 5.41 Å². The Morgan fingerprint density at radius 2 is 1.32 bits per heavy atom. The van der Waals surface area contributed by atoms with Crippen LogP contribution in [0.2, 0.25) is 0 Å². The molecule has 2 aliphatic heterocycles. The molecular weight excluding hydrogens is 392 g/mol. The van der Waals surface area contributed by atoms with Crippen LogP contribution in [0.5, 0.6) is 0 Å². The van der Waals surface area contributed by atoms with Crippen LogP contribution >= 0.6 is 0 Å². The van der Waals surface area contributed by atoms with Crippen molar-refractivity contribution in [3.8, 4) is 0 Å². The SMILES string of the molecule is CC1=CC(C)C(COC(=O)CN2CCCCC2)(COC(=O)CN2CCCCC2)C(C)C1. The Morgan fingerprint density at radius 3 is 1.74 bits per heavy atom. The van der Waals surface area contributed by atoms with Crippen molar-refractivity contribution in [1.82, 2.24) is 9.80 Å². The number of ether oxygens (including phenoxy) is 2. The van der Waals surface area contributed by atoms with E-state index in [2.05, 4.69) is 36.6 Å². The van der Waals surface area contributed by atoms with Crippen molar-refractivity contribution >= 4 is 11.9 Å². The van der Waals surface area contributed by atoms with Gasteiger partial charge in [-0.15, -0.1) is 0 Å². The van der Waals surface area contributed by atoms with Gasteiger partial charge in [-0.2, -0.15) is 0 Å². The van der Waals surface area contributed by atoms with Crippen LogP contribution in [-0.4, -0.2) is 74.2 Å². The fourth-order valence-electron chi connectivity index (χ4n) is 5.51. The highest BCUT2D eigenvalue weighted by atomic mass is 16.5. The lowest BCUT2D eigenvalue weighted by Crippen LogP contribution is -2.48. The van der Waals surface area contributed by atoms with Gasteiger partial charge in [0.25, 0.3) is 0 Å². The van der Waals surface area contributed by atoms with E-state index in [0.717, 1.165) is 58.3 Å². The average Bonchev–Trinajstić information content (AvgIpc) is 2.74. The first-order valence-corrected chi connectivity index (χ1v) is 12.3. The summed E-state index contributed by atoms with van der Waals surface area (Å²) in [4.78, 5) is 29.5. The van der Waals surface area contributed by atoms with Gasteiger partial charge in [-0.05, 0) is 77.0 Å². The van der Waals surface area contributed by atoms with Gasteiger partial charge >= 0.3 is 11.9 Å². The van der Waals surface area contributed by atoms with Crippen LogP contribution in [0.25, 0.3) is 0 Å². The van der Waals surface area contributed by atoms with Gasteiger partial charge in [-0.1, -0.05) is 38.3 Å². The van der Waals surface area contributed by atoms with E-state index in [0.29, 0.717) is 26.3 Å². The van der Waals surface area contributed by atoms with Gasteiger partial charge in [-0.3, -0.25) is 19.4 Å². The lowest BCUT2D eigenvalue weighted by molar-refractivity contribution is -0.161. The molecule has 0 radical (unpaired) electrons. The summed E-state index contributed by atoms with van der Waals surface area (Å²) < 4.78 is 11.7. The molecule has 2 saturated heterocycles. The highest BCUT2D eigenvalue weighted by molar-refractivity contribution is 5.72. The Morgan fingerprint density at radius 1 is 0.871 bits per heavy atom. The molecule has 176 valence electrons. The molecule has 2 fully saturated rings. The van der Waals surface area contributed by atoms with E-state index < -0.39 is 0 Å². The van der Waals surface area contributed by atoms with E-state index in [1.165, 1.54) is 18.4 Å². The minimum absolute atomic E-state index is 0.161. The molecule has 6 heteroatoms. The molecule has 0 spiro atoms. The first kappa shape index (κ1) is 24.2. The summed E-state index contributed by atoms with van der Waals surface area (Å²) in [5.74, 6) is 0.137. The average molecular weight is 435 g/mol. The molecule has 0 aromatic carbocycles. The normalized spacial score (nSPS) is 27.4. The Labute approximate surface area is 188 Å². The maximum Gasteiger partial charge on any atom is 0.320 e. The van der Waals surface area contributed by atoms with Crippen LogP contribution < -0.4 is 0 Å². The fraction of sp³-hybridized carbons (Fsp3) is 0.840. The lowest BCUT2D eigenvalue weighted by atomic mass is 9.63. The standard InChI is InChI=1S/C25H42N2O4/c1-20-14-21(2)25(22(3)15-20,18-30-23(28)16-26-10-6-4-7-11-26)19-31-24(29)17-27-12-8-5-9-13-27/h14,21-22H,4-13,15-19H2,1-3H3. The van der Waals surface area contributed by atoms with Crippen LogP contribution in [0, 0.1) is 17.3 Å². The molecule has 0 bridgehead atoms. The van der Waals surface area contributed by atoms with E-state index in [1.54, 1.807) is 0 Å². The summed E-state index contributed by atoms with van der Waals surface area (Å²) in [5, 5.41) is 0. The van der Waals surface area contributed by atoms with Crippen molar-refractivity contribution < 1.29 is 19.1 Å². The predicted octanol–water partition coefficient (Wildman–Crippen LogP) is 3.65. The van der Waals surface area contributed by atoms with Gasteiger partial charge < -0.3 is 9.47 Å². The van der Waals surface area contributed by atoms with Crippen LogP contribution in [0.1, 0.15) is 65.7 Å². The van der Waals surface area contributed by atoms with Crippen molar-refractivity contribution in [2.75, 3.05) is 52.5 Å². The Hall–Kier alpha value is -1.40. The third-order valence-electron chi connectivity index (χ3n) is 7.66. The van der Waals surface area contributed by atoms with E-state index in [1.807, 2.05) is 0 Å². The maximum atomic E-state index is 12.6. The van der Waals surface area contributed by atoms with Crippen molar-refractivity contribution in [2.45, 2.75) is 65.7 Å². The highest BCUT2D eigenvalue weighted by Crippen LogP contribution is 2.45. The van der Waals surface area contributed by atoms with Crippen LogP contribution in [0.3, 0.4) is 0 Å². The lowest BCUT2D eigenvalue weighted by Gasteiger charge is -2.45. The van der Waals surface area contributed by atoms with Crippen LogP contribution in [-0.2, 0) is 19.1 Å². The Balaban J connectivity index is 1.58. The van der Waals surface area contributed by atoms with E-state index >= 15 is 0 Å². The number of carbonyl (C=O) groups excluding carboxylic acids is 2. The van der Waals surface area contributed by atoms with Gasteiger partial charge in [0.1, 0.15) is 13.2 Å². The molecule has 0 N–H and O–H groups in total. The number of rotatable bonds is 8. The summed E-state index contributed by atoms with van der Waals surface area (Å²) >= 11 is 0. The van der Waals surface area contributed by atoms with Gasteiger partial charge in [0.2, 0.25) is 0 Å². The first-order valence-electron chi connectivity index (χ1n) is 12.3. The number of esters is 2. The second-order valence-electron chi connectivity index (χ2n) is 10.1. The van der Waals surface area contributed by atoms with E-state index in [4.69, 9.17) is 9.47 Å². The second kappa shape index (κ2) is 11.5. The zero-order valence-electron chi connectivity index (χ0n) is 19.9. The Kier molecular flexibility index (Phi) is 8.96. The summed E-state index contributed by atoms with van der Waals surface area (Å²) in [6.07, 6.45) is 10.3. The number of hydrogen-bond donors (Lipinski definition) is 0. The number of hydrogen-bond acceptors (Lipinski definition) is 6. The van der Waals surface area contributed by atoms with Crippen molar-refractivity contribution in [1.29, 1.82) is 0 Å². The van der Waals surface area contributed by atoms with Crippen molar-refractivity contribution in [3.63, 3.8) is 0 Å². The van der Waals surface area contributed by atoms with E-state index in [9.17, 15) is 9.59 Å². The number of nitrogens with zero attached hydrogens (tertiary/aromatic N) is 2. The number of allylic oxidation sites excluding steroid dienone is 2. The Bertz CT molecular complexity index is 599. The quantitative estimate of drug-likeness (QED) is 0.429.